The SMILES string of the molecule is CCOC(=O)Nc1cccc(Cn2nc(-c3ccc(C(=O)NCCCN(CCO)CCO)cc3)ccc2=O)c1. The molecule has 1 heterocycles. The number of nitrogens with one attached hydrogen (secondary N) is 2. The maximum Gasteiger partial charge on any atom is 0.411 e. The van der Waals surface area contributed by atoms with Gasteiger partial charge in [0.05, 0.1) is 32.1 Å². The van der Waals surface area contributed by atoms with Crippen LogP contribution in [0.4, 0.5) is 10.5 Å². The lowest BCUT2D eigenvalue weighted by Gasteiger charge is -2.19. The zero-order valence-corrected chi connectivity index (χ0v) is 22.0. The maximum absolute atomic E-state index is 12.5. The molecular weight excluding hydrogens is 502 g/mol. The zero-order valence-electron chi connectivity index (χ0n) is 22.0. The summed E-state index contributed by atoms with van der Waals surface area (Å²) in [5.74, 6) is -0.202. The van der Waals surface area contributed by atoms with E-state index in [-0.39, 0.29) is 37.8 Å². The van der Waals surface area contributed by atoms with Crippen molar-refractivity contribution in [2.24, 2.45) is 0 Å². The highest BCUT2D eigenvalue weighted by Crippen LogP contribution is 2.17. The summed E-state index contributed by atoms with van der Waals surface area (Å²) in [4.78, 5) is 38.6. The van der Waals surface area contributed by atoms with Gasteiger partial charge < -0.3 is 20.3 Å². The Kier molecular flexibility index (Phi) is 11.6. The highest BCUT2D eigenvalue weighted by Gasteiger charge is 2.10. The number of amides is 2. The third-order valence-electron chi connectivity index (χ3n) is 5.86. The third-order valence-corrected chi connectivity index (χ3v) is 5.86. The minimum atomic E-state index is -0.549. The van der Waals surface area contributed by atoms with E-state index >= 15 is 0 Å². The third kappa shape index (κ3) is 9.32. The normalized spacial score (nSPS) is 10.9. The van der Waals surface area contributed by atoms with Crippen molar-refractivity contribution >= 4 is 17.7 Å². The molecule has 4 N–H and O–H groups in total. The van der Waals surface area contributed by atoms with Crippen molar-refractivity contribution in [3.8, 4) is 11.3 Å². The highest BCUT2D eigenvalue weighted by molar-refractivity contribution is 5.94. The molecule has 2 aromatic carbocycles. The van der Waals surface area contributed by atoms with Crippen molar-refractivity contribution in [2.75, 3.05) is 51.3 Å². The summed E-state index contributed by atoms with van der Waals surface area (Å²) in [6.45, 7) is 4.33. The van der Waals surface area contributed by atoms with Crippen molar-refractivity contribution < 1.29 is 24.5 Å². The minimum absolute atomic E-state index is 0.0207. The first kappa shape index (κ1) is 29.5. The molecule has 0 aliphatic heterocycles. The van der Waals surface area contributed by atoms with E-state index in [0.29, 0.717) is 49.5 Å². The molecule has 39 heavy (non-hydrogen) atoms. The Morgan fingerprint density at radius 1 is 1.00 bits per heavy atom. The Morgan fingerprint density at radius 2 is 1.74 bits per heavy atom. The van der Waals surface area contributed by atoms with Crippen molar-refractivity contribution in [2.45, 2.75) is 19.9 Å². The molecule has 2 amide bonds. The number of ether oxygens (including phenoxy) is 1. The van der Waals surface area contributed by atoms with Crippen LogP contribution in [0.25, 0.3) is 11.3 Å². The van der Waals surface area contributed by atoms with Crippen LogP contribution in [0, 0.1) is 0 Å². The molecule has 0 spiro atoms. The average Bonchev–Trinajstić information content (AvgIpc) is 2.93. The van der Waals surface area contributed by atoms with Gasteiger partial charge in [0.25, 0.3) is 11.5 Å². The summed E-state index contributed by atoms with van der Waals surface area (Å²) in [6, 6.07) is 17.1. The molecule has 11 nitrogen and oxygen atoms in total. The number of aliphatic hydroxyl groups excluding tert-OH is 2. The predicted molar refractivity (Wildman–Crippen MR) is 148 cm³/mol. The highest BCUT2D eigenvalue weighted by atomic mass is 16.5. The van der Waals surface area contributed by atoms with Crippen LogP contribution in [0.2, 0.25) is 0 Å². The van der Waals surface area contributed by atoms with Gasteiger partial charge in [0.1, 0.15) is 0 Å². The fraction of sp³-hybridized carbons (Fsp3) is 0.357. The number of nitrogens with zero attached hydrogens (tertiary/aromatic N) is 3. The Labute approximate surface area is 227 Å². The van der Waals surface area contributed by atoms with E-state index < -0.39 is 6.09 Å². The van der Waals surface area contributed by atoms with E-state index in [1.54, 1.807) is 55.5 Å². The summed E-state index contributed by atoms with van der Waals surface area (Å²) >= 11 is 0. The predicted octanol–water partition coefficient (Wildman–Crippen LogP) is 1.93. The molecule has 0 bridgehead atoms. The monoisotopic (exact) mass is 537 g/mol. The lowest BCUT2D eigenvalue weighted by molar-refractivity contribution is 0.0949. The second-order valence-electron chi connectivity index (χ2n) is 8.74. The maximum atomic E-state index is 12.5. The van der Waals surface area contributed by atoms with Crippen LogP contribution in [-0.2, 0) is 11.3 Å². The van der Waals surface area contributed by atoms with E-state index in [1.807, 2.05) is 11.0 Å². The van der Waals surface area contributed by atoms with Gasteiger partial charge >= 0.3 is 6.09 Å². The summed E-state index contributed by atoms with van der Waals surface area (Å²) < 4.78 is 6.24. The van der Waals surface area contributed by atoms with Gasteiger partial charge in [-0.05, 0) is 55.8 Å². The molecule has 0 radical (unpaired) electrons. The van der Waals surface area contributed by atoms with Gasteiger partial charge in [-0.15, -0.1) is 0 Å². The van der Waals surface area contributed by atoms with Crippen LogP contribution in [0.1, 0.15) is 29.3 Å². The van der Waals surface area contributed by atoms with Gasteiger partial charge in [-0.1, -0.05) is 24.3 Å². The van der Waals surface area contributed by atoms with Crippen LogP contribution in [0.5, 0.6) is 0 Å². The van der Waals surface area contributed by atoms with Crippen molar-refractivity contribution in [1.29, 1.82) is 0 Å². The fourth-order valence-electron chi connectivity index (χ4n) is 3.94. The van der Waals surface area contributed by atoms with E-state index in [1.165, 1.54) is 10.7 Å². The first-order valence-corrected chi connectivity index (χ1v) is 12.9. The van der Waals surface area contributed by atoms with Gasteiger partial charge in [0, 0.05) is 42.5 Å². The van der Waals surface area contributed by atoms with E-state index in [4.69, 9.17) is 14.9 Å². The van der Waals surface area contributed by atoms with Crippen molar-refractivity contribution in [1.82, 2.24) is 20.0 Å². The summed E-state index contributed by atoms with van der Waals surface area (Å²) in [5, 5.41) is 28.2. The number of carbonyl (C=O) groups is 2. The average molecular weight is 538 g/mol. The summed E-state index contributed by atoms with van der Waals surface area (Å²) in [5.41, 5.74) is 2.89. The summed E-state index contributed by atoms with van der Waals surface area (Å²) in [6.07, 6.45) is 0.142. The second-order valence-corrected chi connectivity index (χ2v) is 8.74. The molecule has 208 valence electrons. The van der Waals surface area contributed by atoms with Gasteiger partial charge in [0.15, 0.2) is 0 Å². The van der Waals surface area contributed by atoms with Crippen molar-refractivity contribution in [3.63, 3.8) is 0 Å². The Morgan fingerprint density at radius 3 is 2.44 bits per heavy atom. The number of aromatic nitrogens is 2. The van der Waals surface area contributed by atoms with Gasteiger partial charge in [0.2, 0.25) is 0 Å². The largest absolute Gasteiger partial charge is 0.450 e. The number of benzene rings is 2. The van der Waals surface area contributed by atoms with Crippen LogP contribution >= 0.6 is 0 Å². The molecule has 1 aromatic heterocycles. The van der Waals surface area contributed by atoms with Gasteiger partial charge in [-0.2, -0.15) is 5.10 Å². The lowest BCUT2D eigenvalue weighted by Crippen LogP contribution is -2.33. The van der Waals surface area contributed by atoms with Crippen LogP contribution in [-0.4, -0.2) is 82.9 Å². The number of aliphatic hydroxyl groups is 2. The van der Waals surface area contributed by atoms with E-state index in [0.717, 1.165) is 11.1 Å². The second kappa shape index (κ2) is 15.4. The zero-order chi connectivity index (χ0) is 28.0. The quantitative estimate of drug-likeness (QED) is 0.228. The van der Waals surface area contributed by atoms with E-state index in [2.05, 4.69) is 15.7 Å². The van der Waals surface area contributed by atoms with Crippen LogP contribution < -0.4 is 16.2 Å². The molecule has 0 atom stereocenters. The number of anilines is 1. The van der Waals surface area contributed by atoms with E-state index in [9.17, 15) is 14.4 Å². The Hall–Kier alpha value is -4.06. The first-order chi connectivity index (χ1) is 18.9. The molecule has 11 heteroatoms. The Bertz CT molecular complexity index is 1270. The van der Waals surface area contributed by atoms with Gasteiger partial charge in [-0.25, -0.2) is 9.48 Å². The smallest absolute Gasteiger partial charge is 0.411 e. The molecular formula is C28H35N5O6. The fourth-order valence-corrected chi connectivity index (χ4v) is 3.94. The molecule has 0 aliphatic rings. The van der Waals surface area contributed by atoms with Crippen LogP contribution in [0.3, 0.4) is 0 Å². The number of hydrogen-bond donors (Lipinski definition) is 4. The molecule has 3 aromatic rings. The molecule has 0 saturated carbocycles. The standard InChI is InChI=1S/C28H35N5O6/c1-2-39-28(38)30-24-6-3-5-21(19-24)20-33-26(36)12-11-25(31-33)22-7-9-23(10-8-22)27(37)29-13-4-14-32(15-17-34)16-18-35/h3,5-12,19,34-35H,2,4,13-18,20H2,1H3,(H,29,37)(H,30,38). The summed E-state index contributed by atoms with van der Waals surface area (Å²) in [7, 11) is 0. The molecule has 3 rings (SSSR count). The number of rotatable bonds is 14. The Balaban J connectivity index is 1.61. The molecule has 0 fully saturated rings. The topological polar surface area (TPSA) is 146 Å². The molecule has 0 unspecified atom stereocenters. The van der Waals surface area contributed by atoms with Crippen LogP contribution in [0.15, 0.2) is 65.5 Å². The lowest BCUT2D eigenvalue weighted by atomic mass is 10.1. The van der Waals surface area contributed by atoms with Crippen molar-refractivity contribution in [3.05, 3.63) is 82.1 Å². The number of carbonyl (C=O) groups excluding carboxylic acids is 2. The minimum Gasteiger partial charge on any atom is -0.450 e. The number of hydrogen-bond acceptors (Lipinski definition) is 8. The first-order valence-electron chi connectivity index (χ1n) is 12.9. The molecule has 0 saturated heterocycles. The molecule has 0 aliphatic carbocycles. The van der Waals surface area contributed by atoms with Gasteiger partial charge in [-0.3, -0.25) is 19.8 Å².